The van der Waals surface area contributed by atoms with Gasteiger partial charge in [0.25, 0.3) is 5.92 Å². The molecule has 3 aliphatic carbocycles. The lowest BCUT2D eigenvalue weighted by atomic mass is 9.74. The lowest BCUT2D eigenvalue weighted by Crippen LogP contribution is -2.68. The number of rotatable bonds is 11. The largest absolute Gasteiger partial charge is 0.422 e. The van der Waals surface area contributed by atoms with Gasteiger partial charge in [-0.1, -0.05) is 70.2 Å². The highest BCUT2D eigenvalue weighted by Gasteiger charge is 2.57. The van der Waals surface area contributed by atoms with Gasteiger partial charge in [0.2, 0.25) is 70.9 Å². The highest BCUT2D eigenvalue weighted by atomic mass is 19.4. The number of halogens is 10. The highest BCUT2D eigenvalue weighted by Crippen LogP contribution is 2.41. The van der Waals surface area contributed by atoms with Crippen molar-refractivity contribution < 1.29 is 101 Å². The zero-order valence-electron chi connectivity index (χ0n) is 62.6. The number of likely N-dealkylation sites (tertiary alicyclic amines) is 1. The second-order valence-electron chi connectivity index (χ2n) is 30.6. The molecular weight excluding hydrogens is 1450 g/mol. The van der Waals surface area contributed by atoms with E-state index in [1.54, 1.807) is 26.0 Å². The van der Waals surface area contributed by atoms with E-state index in [-0.39, 0.29) is 69.6 Å². The zero-order chi connectivity index (χ0) is 80.1. The van der Waals surface area contributed by atoms with Crippen LogP contribution in [-0.2, 0) is 82.7 Å². The van der Waals surface area contributed by atoms with Gasteiger partial charge in [-0.2, -0.15) is 26.3 Å². The molecule has 2 bridgehead atoms. The molecule has 0 unspecified atom stereocenters. The van der Waals surface area contributed by atoms with E-state index in [9.17, 15) is 55.1 Å². The maximum atomic E-state index is 16.2. The predicted octanol–water partition coefficient (Wildman–Crippen LogP) is 6.26. The zero-order valence-corrected chi connectivity index (χ0v) is 62.6. The second kappa shape index (κ2) is 34.6. The van der Waals surface area contributed by atoms with Crippen LogP contribution in [0.2, 0.25) is 0 Å². The number of alkyl halides is 8. The monoisotopic (exact) mass is 1550 g/mol. The van der Waals surface area contributed by atoms with Gasteiger partial charge in [-0.15, -0.1) is 0 Å². The summed E-state index contributed by atoms with van der Waals surface area (Å²) in [5, 5.41) is 7.80. The highest BCUT2D eigenvalue weighted by molar-refractivity contribution is 6.01. The van der Waals surface area contributed by atoms with Gasteiger partial charge in [0, 0.05) is 74.8 Å². The molecule has 2 aromatic carbocycles. The fourth-order valence-corrected chi connectivity index (χ4v) is 15.7. The van der Waals surface area contributed by atoms with E-state index in [0.717, 1.165) is 60.7 Å². The first-order chi connectivity index (χ1) is 51.2. The topological polar surface area (TPSA) is 270 Å². The van der Waals surface area contributed by atoms with Crippen LogP contribution >= 0.6 is 0 Å². The van der Waals surface area contributed by atoms with Crippen LogP contribution in [0.1, 0.15) is 152 Å². The van der Waals surface area contributed by atoms with E-state index in [4.69, 9.17) is 0 Å². The minimum Gasteiger partial charge on any atom is -0.343 e. The fraction of sp³-hybridized carbons (Fsp3) is 0.653. The van der Waals surface area contributed by atoms with Gasteiger partial charge in [0.05, 0.1) is 31.6 Å². The molecule has 600 valence electrons. The number of hydrogen-bond acceptors (Lipinski definition) is 12. The molecule has 9 atom stereocenters. The summed E-state index contributed by atoms with van der Waals surface area (Å²) in [5.41, 5.74) is -5.73. The van der Waals surface area contributed by atoms with Crippen molar-refractivity contribution in [1.82, 2.24) is 60.0 Å². The molecule has 3 saturated heterocycles. The van der Waals surface area contributed by atoms with E-state index >= 15 is 46.3 Å². The smallest absolute Gasteiger partial charge is 0.343 e. The van der Waals surface area contributed by atoms with Crippen LogP contribution in [0.4, 0.5) is 43.9 Å². The van der Waals surface area contributed by atoms with Crippen LogP contribution in [0.25, 0.3) is 0 Å². The molecule has 2 aromatic rings. The molecule has 6 fully saturated rings. The Kier molecular flexibility index (Phi) is 26.7. The molecule has 109 heavy (non-hydrogen) atoms. The maximum Gasteiger partial charge on any atom is 0.422 e. The Hall–Kier alpha value is -8.88. The number of aryl methyl sites for hydroxylation is 1. The summed E-state index contributed by atoms with van der Waals surface area (Å²) in [5.74, 6) is -20.5. The first-order valence-corrected chi connectivity index (χ1v) is 37.3. The van der Waals surface area contributed by atoms with Gasteiger partial charge in [0.1, 0.15) is 71.1 Å². The van der Waals surface area contributed by atoms with Crippen LogP contribution in [-0.4, -0.2) is 256 Å². The normalized spacial score (nSPS) is 27.2. The third kappa shape index (κ3) is 19.7. The first-order valence-electron chi connectivity index (χ1n) is 37.3. The van der Waals surface area contributed by atoms with Crippen molar-refractivity contribution in [3.8, 4) is 0 Å². The van der Waals surface area contributed by atoms with Gasteiger partial charge in [0.15, 0.2) is 0 Å². The molecule has 24 nitrogen and oxygen atoms in total. The minimum absolute atomic E-state index is 0.0274. The molecule has 1 spiro atoms. The van der Waals surface area contributed by atoms with Crippen LogP contribution in [0, 0.1) is 29.4 Å². The minimum atomic E-state index is -5.52. The second-order valence-corrected chi connectivity index (χ2v) is 30.6. The molecule has 7 aliphatic rings. The Balaban J connectivity index is 1.12. The molecular formula is C75H98F10N12O12. The maximum absolute atomic E-state index is 16.2. The van der Waals surface area contributed by atoms with Gasteiger partial charge in [-0.05, 0) is 130 Å². The van der Waals surface area contributed by atoms with E-state index in [1.807, 2.05) is 0 Å². The summed E-state index contributed by atoms with van der Waals surface area (Å²) in [6, 6.07) is -8.77. The molecule has 34 heteroatoms. The summed E-state index contributed by atoms with van der Waals surface area (Å²) in [6.45, 7) is 0.417. The predicted molar refractivity (Wildman–Crippen MR) is 373 cm³/mol. The number of carbonyl (C=O) groups excluding carboxylic acids is 12. The van der Waals surface area contributed by atoms with Crippen LogP contribution in [0.15, 0.2) is 48.6 Å². The van der Waals surface area contributed by atoms with Crippen molar-refractivity contribution in [3.05, 3.63) is 82.4 Å². The van der Waals surface area contributed by atoms with Crippen molar-refractivity contribution >= 4 is 70.9 Å². The first kappa shape index (κ1) is 84.1. The number of hydrogen-bond donors (Lipinski definition) is 3. The standard InChI is InChI=1S/C75H98F10N12O12/c1-9-43(2)61-69(107)90(4)41-59(100)91(5)52-20-11-10-14-33-96(68(52)106)55(37-45-23-26-48(27-24-45)74(80,81)82)66(104)89(3)40-57(98)86-51(28-25-46-34-49(76)60(50(77)35-46)75(83,84)85)65(103)97-42-73(78,79)39-56(97)64(102)88-72(29-17-30-72)71(109)94(8)62(47-18-12-13-19-47)70(108)93(7)54(67(105)95-31-15-16-32-95)38-58(99)92(6)53(63(101)87-61)36-44-21-22-44/h10-11,23-24,26-27,34-35,43-44,47,51-56,61-62H,9,12-22,25,28-33,36-42H2,1-8H3,(H,86,98)(H,87,101)(H,88,102)/b11-10-/t43-,51-,52-,53-,54-,55-,56-,61-,62-/m0/s1. The average Bonchev–Trinajstić information content (AvgIpc) is 1.55. The van der Waals surface area contributed by atoms with Crippen molar-refractivity contribution in [2.45, 2.75) is 214 Å². The molecule has 12 amide bonds. The molecule has 0 radical (unpaired) electrons. The SMILES string of the molecule is CC[C@H](C)[C@@H]1NC(=O)[C@H](CC2CC2)N(C)C(=O)C[C@@H](C(=O)N2CCCC2)N(C)C(=O)[C@H](C2CCCC2)N(C)C(=O)C2(CCC2)NC(=O)[C@@H]2CC(F)(F)CN2C(=O)[C@H](CCc2cc(F)c(C(F)(F)F)c(F)c2)NC(=O)CN(C)C(=O)[C@H](Cc2ccc(C(F)(F)F)cc2)N2CC/C=C\C[C@@H](C2=O)N(C)C(=O)CN(C)C1=O. The number of likely N-dealkylation sites (N-methyl/N-ethyl adjacent to an activating group) is 6. The molecule has 4 heterocycles. The number of amides is 12. The molecule has 3 saturated carbocycles. The van der Waals surface area contributed by atoms with Crippen LogP contribution < -0.4 is 16.0 Å². The number of fused-ring (bicyclic) bond motifs is 3. The Morgan fingerprint density at radius 3 is 1.83 bits per heavy atom. The Morgan fingerprint density at radius 1 is 0.624 bits per heavy atom. The summed E-state index contributed by atoms with van der Waals surface area (Å²) >= 11 is 0. The number of carbonyl (C=O) groups is 12. The third-order valence-corrected chi connectivity index (χ3v) is 22.9. The van der Waals surface area contributed by atoms with Gasteiger partial charge in [-0.3, -0.25) is 57.5 Å². The lowest BCUT2D eigenvalue weighted by molar-refractivity contribution is -0.158. The quantitative estimate of drug-likeness (QED) is 0.166. The van der Waals surface area contributed by atoms with Crippen molar-refractivity contribution in [3.63, 3.8) is 0 Å². The van der Waals surface area contributed by atoms with Crippen molar-refractivity contribution in [1.29, 1.82) is 0 Å². The number of nitrogens with zero attached hydrogens (tertiary/aromatic N) is 9. The third-order valence-electron chi connectivity index (χ3n) is 22.9. The Labute approximate surface area is 626 Å². The van der Waals surface area contributed by atoms with E-state index in [2.05, 4.69) is 16.0 Å². The van der Waals surface area contributed by atoms with Gasteiger partial charge in [-0.25, -0.2) is 17.6 Å². The number of benzene rings is 2. The van der Waals surface area contributed by atoms with Gasteiger partial charge < -0.3 is 60.0 Å². The average molecular weight is 1550 g/mol. The molecule has 0 aromatic heterocycles. The van der Waals surface area contributed by atoms with Crippen LogP contribution in [0.5, 0.6) is 0 Å². The summed E-state index contributed by atoms with van der Waals surface area (Å²) in [4.78, 5) is 190. The molecule has 3 N–H and O–H groups in total. The summed E-state index contributed by atoms with van der Waals surface area (Å²) in [7, 11) is 7.63. The summed E-state index contributed by atoms with van der Waals surface area (Å²) < 4.78 is 146. The fourth-order valence-electron chi connectivity index (χ4n) is 15.7. The van der Waals surface area contributed by atoms with E-state index in [0.29, 0.717) is 74.8 Å². The number of nitrogens with one attached hydrogen (secondary N) is 3. The van der Waals surface area contributed by atoms with E-state index in [1.165, 1.54) is 45.0 Å². The van der Waals surface area contributed by atoms with E-state index < -0.39 is 235 Å². The van der Waals surface area contributed by atoms with Crippen molar-refractivity contribution in [2.75, 3.05) is 81.6 Å². The Bertz CT molecular complexity index is 3760. The Morgan fingerprint density at radius 2 is 1.25 bits per heavy atom. The van der Waals surface area contributed by atoms with Crippen LogP contribution in [0.3, 0.4) is 0 Å². The van der Waals surface area contributed by atoms with Gasteiger partial charge >= 0.3 is 12.4 Å². The molecule has 9 rings (SSSR count). The summed E-state index contributed by atoms with van der Waals surface area (Å²) in [6.07, 6.45) is -6.30. The lowest BCUT2D eigenvalue weighted by Gasteiger charge is -2.46. The molecule has 4 aliphatic heterocycles. The van der Waals surface area contributed by atoms with Crippen molar-refractivity contribution in [2.24, 2.45) is 17.8 Å².